The topological polar surface area (TPSA) is 152 Å². The highest BCUT2D eigenvalue weighted by Gasteiger charge is 2.49. The molecule has 1 aliphatic carbocycles. The van der Waals surface area contributed by atoms with Gasteiger partial charge in [0.05, 0.1) is 23.9 Å². The van der Waals surface area contributed by atoms with Gasteiger partial charge in [-0.25, -0.2) is 0 Å². The molecular weight excluding hydrogens is 677 g/mol. The summed E-state index contributed by atoms with van der Waals surface area (Å²) in [5, 5.41) is 26.0. The molecule has 1 unspecified atom stereocenters. The molecule has 284 valence electrons. The predicted molar refractivity (Wildman–Crippen MR) is 205 cm³/mol. The normalized spacial score (nSPS) is 25.6. The Morgan fingerprint density at radius 3 is 2.21 bits per heavy atom. The van der Waals surface area contributed by atoms with Crippen molar-refractivity contribution in [3.8, 4) is 0 Å². The van der Waals surface area contributed by atoms with Crippen LogP contribution in [0.2, 0.25) is 0 Å². The summed E-state index contributed by atoms with van der Waals surface area (Å²) in [4.78, 5) is 56.2. The third kappa shape index (κ3) is 11.0. The summed E-state index contributed by atoms with van der Waals surface area (Å²) in [7, 11) is 0. The molecule has 2 aliphatic heterocycles. The zero-order valence-electron chi connectivity index (χ0n) is 31.3. The van der Waals surface area contributed by atoms with E-state index in [0.29, 0.717) is 18.4 Å². The lowest BCUT2D eigenvalue weighted by Gasteiger charge is -2.46. The summed E-state index contributed by atoms with van der Waals surface area (Å²) in [6.07, 6.45) is 4.70. The van der Waals surface area contributed by atoms with Gasteiger partial charge in [-0.1, -0.05) is 79.9 Å². The first-order chi connectivity index (χ1) is 24.7. The smallest absolute Gasteiger partial charge is 0.245 e. The molecule has 12 heteroatoms. The van der Waals surface area contributed by atoms with Crippen molar-refractivity contribution in [3.63, 3.8) is 0 Å². The van der Waals surface area contributed by atoms with Crippen LogP contribution in [-0.4, -0.2) is 93.2 Å². The first-order valence-corrected chi connectivity index (χ1v) is 19.7. The monoisotopic (exact) mass is 734 g/mol. The van der Waals surface area contributed by atoms with Gasteiger partial charge in [-0.2, -0.15) is 0 Å². The molecule has 0 spiro atoms. The Morgan fingerprint density at radius 1 is 0.923 bits per heavy atom. The fourth-order valence-electron chi connectivity index (χ4n) is 7.81. The minimum absolute atomic E-state index is 0.00838. The third-order valence-electron chi connectivity index (χ3n) is 10.4. The van der Waals surface area contributed by atoms with E-state index in [2.05, 4.69) is 31.5 Å². The number of aliphatic hydroxyl groups excluding tert-OH is 1. The maximum absolute atomic E-state index is 13.7. The lowest BCUT2D eigenvalue weighted by molar-refractivity contribution is -0.133. The molecule has 1 saturated carbocycles. The molecule has 3 aliphatic rings. The van der Waals surface area contributed by atoms with Crippen molar-refractivity contribution in [2.75, 3.05) is 19.6 Å². The molecule has 11 nitrogen and oxygen atoms in total. The number of benzene rings is 2. The van der Waals surface area contributed by atoms with Crippen molar-refractivity contribution >= 4 is 35.4 Å². The molecule has 52 heavy (non-hydrogen) atoms. The summed E-state index contributed by atoms with van der Waals surface area (Å²) in [5.74, 6) is 0.0733. The van der Waals surface area contributed by atoms with Crippen LogP contribution in [0.4, 0.5) is 0 Å². The second-order valence-corrected chi connectivity index (χ2v) is 18.1. The number of thioether (sulfide) groups is 1. The van der Waals surface area contributed by atoms with Crippen LogP contribution in [0.25, 0.3) is 0 Å². The number of likely N-dealkylation sites (tertiary alicyclic amines) is 1. The van der Waals surface area contributed by atoms with Crippen LogP contribution in [0, 0.1) is 11.8 Å². The number of hydrogen-bond acceptors (Lipinski definition) is 8. The van der Waals surface area contributed by atoms with E-state index in [4.69, 9.17) is 0 Å². The maximum atomic E-state index is 13.7. The second kappa shape index (κ2) is 17.6. The summed E-state index contributed by atoms with van der Waals surface area (Å²) in [5.41, 5.74) is 1.40. The lowest BCUT2D eigenvalue weighted by atomic mass is 9.72. The first-order valence-electron chi connectivity index (χ1n) is 18.8. The SMILES string of the molecule is CC(C)(C)NC(=O)[C@@H]1C[C@@H]2CCCC[C@@H]2CN1C[C@@H](O)CNC(=O)[C@@H]1N[C@@H](C(NC(=O)Cc2ccccc2)C(=O)NCc2ccccc2)SC1(C)C. The van der Waals surface area contributed by atoms with E-state index < -0.39 is 28.3 Å². The largest absolute Gasteiger partial charge is 0.390 e. The number of fused-ring (bicyclic) bond motifs is 1. The van der Waals surface area contributed by atoms with Gasteiger partial charge in [-0.3, -0.25) is 29.4 Å². The minimum atomic E-state index is -0.952. The molecule has 5 rings (SSSR count). The van der Waals surface area contributed by atoms with Crippen molar-refractivity contribution in [1.82, 2.24) is 31.5 Å². The van der Waals surface area contributed by atoms with Crippen LogP contribution < -0.4 is 26.6 Å². The van der Waals surface area contributed by atoms with Gasteiger partial charge in [0.2, 0.25) is 23.6 Å². The maximum Gasteiger partial charge on any atom is 0.245 e. The fourth-order valence-corrected chi connectivity index (χ4v) is 9.31. The average molecular weight is 735 g/mol. The summed E-state index contributed by atoms with van der Waals surface area (Å²) >= 11 is 1.43. The van der Waals surface area contributed by atoms with Crippen molar-refractivity contribution in [1.29, 1.82) is 0 Å². The number of carbonyl (C=O) groups excluding carboxylic acids is 4. The van der Waals surface area contributed by atoms with Gasteiger partial charge in [0.15, 0.2) is 0 Å². The van der Waals surface area contributed by atoms with E-state index in [9.17, 15) is 24.3 Å². The Kier molecular flexibility index (Phi) is 13.4. The van der Waals surface area contributed by atoms with Crippen LogP contribution in [-0.2, 0) is 32.1 Å². The Balaban J connectivity index is 1.21. The van der Waals surface area contributed by atoms with E-state index in [0.717, 1.165) is 36.9 Å². The highest BCUT2D eigenvalue weighted by molar-refractivity contribution is 8.01. The highest BCUT2D eigenvalue weighted by Crippen LogP contribution is 2.40. The van der Waals surface area contributed by atoms with Crippen molar-refractivity contribution in [2.45, 2.75) is 120 Å². The number of amides is 4. The Labute approximate surface area is 313 Å². The fraction of sp³-hybridized carbons (Fsp3) is 0.600. The molecular formula is C40H58N6O5S. The third-order valence-corrected chi connectivity index (χ3v) is 11.9. The highest BCUT2D eigenvalue weighted by atomic mass is 32.2. The number of rotatable bonds is 13. The molecule has 6 N–H and O–H groups in total. The van der Waals surface area contributed by atoms with Crippen LogP contribution in [0.5, 0.6) is 0 Å². The van der Waals surface area contributed by atoms with Crippen LogP contribution in [0.15, 0.2) is 60.7 Å². The molecule has 0 radical (unpaired) electrons. The Morgan fingerprint density at radius 2 is 1.56 bits per heavy atom. The van der Waals surface area contributed by atoms with Crippen molar-refractivity contribution in [3.05, 3.63) is 71.8 Å². The minimum Gasteiger partial charge on any atom is -0.390 e. The first kappa shape index (κ1) is 39.8. The summed E-state index contributed by atoms with van der Waals surface area (Å²) in [6.45, 7) is 11.2. The Bertz CT molecular complexity index is 1520. The zero-order chi connectivity index (χ0) is 37.5. The molecule has 0 aromatic heterocycles. The van der Waals surface area contributed by atoms with Crippen molar-refractivity contribution < 1.29 is 24.3 Å². The second-order valence-electron chi connectivity index (χ2n) is 16.3. The predicted octanol–water partition coefficient (Wildman–Crippen LogP) is 3.11. The van der Waals surface area contributed by atoms with Gasteiger partial charge in [-0.15, -0.1) is 11.8 Å². The standard InChI is InChI=1S/C40H58N6O5S/c1-39(2,3)45-35(49)31-21-28-18-12-13-19-29(28)24-46(31)25-30(47)23-42-37(51)34-40(4,5)52-38(44-34)33(36(50)41-22-27-16-10-7-11-17-27)43-32(48)20-26-14-8-6-9-15-26/h6-11,14-17,28-31,33-34,38,44,47H,12-13,18-25H2,1-5H3,(H,41,50)(H,42,51)(H,43,48)(H,45,49)/t28-,29+,30-,31-,33?,34-,38+/m0/s1. The summed E-state index contributed by atoms with van der Waals surface area (Å²) < 4.78 is -0.638. The molecule has 2 saturated heterocycles. The molecule has 3 fully saturated rings. The number of hydrogen-bond donors (Lipinski definition) is 6. The number of nitrogens with zero attached hydrogens (tertiary/aromatic N) is 1. The molecule has 2 aromatic rings. The van der Waals surface area contributed by atoms with E-state index in [1.165, 1.54) is 24.6 Å². The van der Waals surface area contributed by atoms with Crippen LogP contribution >= 0.6 is 11.8 Å². The molecule has 4 amide bonds. The zero-order valence-corrected chi connectivity index (χ0v) is 32.1. The molecule has 7 atom stereocenters. The quantitative estimate of drug-likeness (QED) is 0.184. The van der Waals surface area contributed by atoms with Gasteiger partial charge in [0.25, 0.3) is 0 Å². The van der Waals surface area contributed by atoms with Crippen LogP contribution in [0.1, 0.15) is 77.8 Å². The molecule has 0 bridgehead atoms. The van der Waals surface area contributed by atoms with Gasteiger partial charge < -0.3 is 26.4 Å². The van der Waals surface area contributed by atoms with E-state index in [-0.39, 0.29) is 54.7 Å². The summed E-state index contributed by atoms with van der Waals surface area (Å²) in [6, 6.07) is 16.9. The van der Waals surface area contributed by atoms with Gasteiger partial charge in [0.1, 0.15) is 12.1 Å². The Hall–Kier alpha value is -3.45. The van der Waals surface area contributed by atoms with E-state index in [1.807, 2.05) is 95.3 Å². The number of piperidine rings is 1. The van der Waals surface area contributed by atoms with Crippen molar-refractivity contribution in [2.24, 2.45) is 11.8 Å². The van der Waals surface area contributed by atoms with Crippen LogP contribution in [0.3, 0.4) is 0 Å². The number of carbonyl (C=O) groups is 4. The average Bonchev–Trinajstić information content (AvgIpc) is 3.42. The number of nitrogens with one attached hydrogen (secondary N) is 5. The number of aliphatic hydroxyl groups is 1. The number of β-amino-alcohol motifs (C(OH)–C–C–N with tert-alkyl or cyclic N) is 1. The lowest BCUT2D eigenvalue weighted by Crippen LogP contribution is -2.60. The van der Waals surface area contributed by atoms with E-state index >= 15 is 0 Å². The van der Waals surface area contributed by atoms with Gasteiger partial charge >= 0.3 is 0 Å². The molecule has 2 aromatic carbocycles. The van der Waals surface area contributed by atoms with E-state index in [1.54, 1.807) is 0 Å². The van der Waals surface area contributed by atoms with Gasteiger partial charge in [-0.05, 0) is 70.4 Å². The molecule has 2 heterocycles. The van der Waals surface area contributed by atoms with Gasteiger partial charge in [0, 0.05) is 36.5 Å².